The van der Waals surface area contributed by atoms with Crippen LogP contribution < -0.4 is 4.78 Å². The number of carboxylic acid groups (broad SMARTS) is 1. The van der Waals surface area contributed by atoms with E-state index in [1.807, 2.05) is 0 Å². The van der Waals surface area contributed by atoms with Gasteiger partial charge in [0, 0.05) is 9.25 Å². The fraction of sp³-hybridized carbons (Fsp3) is 0. The molecule has 0 aliphatic carbocycles. The molecule has 0 atom stereocenters. The number of thiophene rings is 1. The van der Waals surface area contributed by atoms with Crippen LogP contribution in [0, 0.1) is 0 Å². The molecular formula is C5H4BBrO4S. The van der Waals surface area contributed by atoms with Gasteiger partial charge in [0.15, 0.2) is 0 Å². The molecule has 0 unspecified atom stereocenters. The van der Waals surface area contributed by atoms with Crippen LogP contribution >= 0.6 is 27.3 Å². The van der Waals surface area contributed by atoms with Crippen molar-refractivity contribution in [1.82, 2.24) is 0 Å². The number of rotatable bonds is 2. The standard InChI is InChI=1S/C5H4BBrO4S/c7-2-1-3(6(10)11)12-4(2)5(8)9/h1,10-11H,(H,8,9). The molecule has 0 aromatic carbocycles. The first-order valence-electron chi connectivity index (χ1n) is 2.91. The number of halogens is 1. The molecule has 0 amide bonds. The van der Waals surface area contributed by atoms with Crippen molar-refractivity contribution in [3.8, 4) is 0 Å². The van der Waals surface area contributed by atoms with E-state index in [9.17, 15) is 4.79 Å². The van der Waals surface area contributed by atoms with Crippen molar-refractivity contribution in [2.45, 2.75) is 0 Å². The molecule has 1 rings (SSSR count). The quantitative estimate of drug-likeness (QED) is 0.640. The van der Waals surface area contributed by atoms with Gasteiger partial charge in [-0.05, 0) is 22.0 Å². The van der Waals surface area contributed by atoms with Crippen molar-refractivity contribution in [1.29, 1.82) is 0 Å². The summed E-state index contributed by atoms with van der Waals surface area (Å²) in [6.07, 6.45) is 0. The van der Waals surface area contributed by atoms with E-state index in [1.165, 1.54) is 6.07 Å². The van der Waals surface area contributed by atoms with Gasteiger partial charge in [0.2, 0.25) is 0 Å². The summed E-state index contributed by atoms with van der Waals surface area (Å²) < 4.78 is 0.572. The fourth-order valence-corrected chi connectivity index (χ4v) is 2.23. The first-order valence-corrected chi connectivity index (χ1v) is 4.52. The largest absolute Gasteiger partial charge is 0.499 e. The van der Waals surface area contributed by atoms with Gasteiger partial charge in [0.1, 0.15) is 4.88 Å². The van der Waals surface area contributed by atoms with Crippen LogP contribution in [0.1, 0.15) is 9.67 Å². The van der Waals surface area contributed by atoms with E-state index in [4.69, 9.17) is 15.2 Å². The number of carbonyl (C=O) groups is 1. The van der Waals surface area contributed by atoms with E-state index in [2.05, 4.69) is 15.9 Å². The second kappa shape index (κ2) is 3.57. The fourth-order valence-electron chi connectivity index (χ4n) is 0.660. The van der Waals surface area contributed by atoms with Crippen LogP contribution in [0.5, 0.6) is 0 Å². The zero-order valence-corrected chi connectivity index (χ0v) is 8.09. The summed E-state index contributed by atoms with van der Waals surface area (Å²) >= 11 is 3.82. The summed E-state index contributed by atoms with van der Waals surface area (Å²) in [5.74, 6) is -1.08. The molecule has 0 saturated carbocycles. The third kappa shape index (κ3) is 1.86. The monoisotopic (exact) mass is 250 g/mol. The van der Waals surface area contributed by atoms with Gasteiger partial charge in [-0.2, -0.15) is 0 Å². The lowest BCUT2D eigenvalue weighted by atomic mass is 9.90. The predicted octanol–water partition coefficient (Wildman–Crippen LogP) is -0.111. The van der Waals surface area contributed by atoms with Gasteiger partial charge in [0.25, 0.3) is 0 Å². The Labute approximate surface area is 80.7 Å². The van der Waals surface area contributed by atoms with Crippen LogP contribution in [-0.4, -0.2) is 28.2 Å². The Morgan fingerprint density at radius 3 is 2.42 bits per heavy atom. The molecular weight excluding hydrogens is 247 g/mol. The molecule has 4 nitrogen and oxygen atoms in total. The second-order valence-corrected chi connectivity index (χ2v) is 3.94. The van der Waals surface area contributed by atoms with Gasteiger partial charge in [0.05, 0.1) is 0 Å². The normalized spacial score (nSPS) is 9.92. The van der Waals surface area contributed by atoms with Crippen molar-refractivity contribution in [2.24, 2.45) is 0 Å². The van der Waals surface area contributed by atoms with E-state index in [0.717, 1.165) is 11.3 Å². The maximum atomic E-state index is 10.5. The molecule has 0 aliphatic heterocycles. The highest BCUT2D eigenvalue weighted by atomic mass is 79.9. The molecule has 0 aliphatic rings. The van der Waals surface area contributed by atoms with Crippen molar-refractivity contribution < 1.29 is 19.9 Å². The number of aromatic carboxylic acids is 1. The van der Waals surface area contributed by atoms with Gasteiger partial charge in [-0.1, -0.05) is 0 Å². The van der Waals surface area contributed by atoms with Crippen LogP contribution in [-0.2, 0) is 0 Å². The molecule has 0 spiro atoms. The van der Waals surface area contributed by atoms with Crippen molar-refractivity contribution in [2.75, 3.05) is 0 Å². The van der Waals surface area contributed by atoms with Gasteiger partial charge >= 0.3 is 13.1 Å². The zero-order valence-electron chi connectivity index (χ0n) is 5.69. The number of hydrogen-bond acceptors (Lipinski definition) is 4. The van der Waals surface area contributed by atoms with E-state index >= 15 is 0 Å². The average molecular weight is 251 g/mol. The topological polar surface area (TPSA) is 77.8 Å². The molecule has 64 valence electrons. The highest BCUT2D eigenvalue weighted by Gasteiger charge is 2.20. The molecule has 1 aromatic rings. The third-order valence-electron chi connectivity index (χ3n) is 1.15. The molecule has 1 aromatic heterocycles. The molecule has 12 heavy (non-hydrogen) atoms. The van der Waals surface area contributed by atoms with E-state index in [-0.39, 0.29) is 9.65 Å². The molecule has 1 heterocycles. The highest BCUT2D eigenvalue weighted by Crippen LogP contribution is 2.20. The van der Waals surface area contributed by atoms with Crippen molar-refractivity contribution in [3.63, 3.8) is 0 Å². The van der Waals surface area contributed by atoms with Crippen LogP contribution in [0.15, 0.2) is 10.5 Å². The first-order chi connectivity index (χ1) is 5.52. The van der Waals surface area contributed by atoms with Crippen LogP contribution in [0.3, 0.4) is 0 Å². The molecule has 3 N–H and O–H groups in total. The van der Waals surface area contributed by atoms with Crippen molar-refractivity contribution in [3.05, 3.63) is 15.4 Å². The summed E-state index contributed by atoms with van der Waals surface area (Å²) in [5.41, 5.74) is 0. The summed E-state index contributed by atoms with van der Waals surface area (Å²) in [7, 11) is -1.61. The summed E-state index contributed by atoms with van der Waals surface area (Å²) in [5, 5.41) is 26.0. The summed E-state index contributed by atoms with van der Waals surface area (Å²) in [6, 6.07) is 1.37. The molecule has 0 fully saturated rings. The lowest BCUT2D eigenvalue weighted by Gasteiger charge is -1.88. The maximum absolute atomic E-state index is 10.5. The Hall–Kier alpha value is -0.365. The zero-order chi connectivity index (χ0) is 9.30. The smallest absolute Gasteiger partial charge is 0.477 e. The Morgan fingerprint density at radius 1 is 1.58 bits per heavy atom. The Bertz CT molecular complexity index is 310. The number of hydrogen-bond donors (Lipinski definition) is 3. The molecule has 0 radical (unpaired) electrons. The first kappa shape index (κ1) is 9.72. The predicted molar refractivity (Wildman–Crippen MR) is 48.8 cm³/mol. The lowest BCUT2D eigenvalue weighted by Crippen LogP contribution is -2.26. The SMILES string of the molecule is O=C(O)c1sc(B(O)O)cc1Br. The van der Waals surface area contributed by atoms with Gasteiger partial charge in [-0.15, -0.1) is 11.3 Å². The minimum absolute atomic E-state index is 0.0677. The van der Waals surface area contributed by atoms with Crippen LogP contribution in [0.2, 0.25) is 0 Å². The van der Waals surface area contributed by atoms with Crippen LogP contribution in [0.4, 0.5) is 0 Å². The van der Waals surface area contributed by atoms with Gasteiger partial charge < -0.3 is 15.2 Å². The Kier molecular flexibility index (Phi) is 2.89. The maximum Gasteiger partial charge on any atom is 0.499 e. The van der Waals surface area contributed by atoms with Gasteiger partial charge in [-0.3, -0.25) is 0 Å². The van der Waals surface area contributed by atoms with E-state index in [0.29, 0.717) is 4.47 Å². The lowest BCUT2D eigenvalue weighted by molar-refractivity contribution is 0.0701. The average Bonchev–Trinajstić information content (AvgIpc) is 2.30. The molecule has 0 bridgehead atoms. The van der Waals surface area contributed by atoms with E-state index in [1.54, 1.807) is 0 Å². The van der Waals surface area contributed by atoms with Crippen molar-refractivity contribution >= 4 is 45.1 Å². The summed E-state index contributed by atoms with van der Waals surface area (Å²) in [6.45, 7) is 0. The second-order valence-electron chi connectivity index (χ2n) is 2.00. The number of carboxylic acids is 1. The molecule has 0 saturated heterocycles. The Balaban J connectivity index is 3.09. The molecule has 7 heteroatoms. The minimum Gasteiger partial charge on any atom is -0.477 e. The van der Waals surface area contributed by atoms with E-state index < -0.39 is 13.1 Å². The Morgan fingerprint density at radius 2 is 2.17 bits per heavy atom. The highest BCUT2D eigenvalue weighted by molar-refractivity contribution is 9.10. The third-order valence-corrected chi connectivity index (χ3v) is 3.21. The van der Waals surface area contributed by atoms with Gasteiger partial charge in [-0.25, -0.2) is 4.79 Å². The van der Waals surface area contributed by atoms with Crippen LogP contribution in [0.25, 0.3) is 0 Å². The minimum atomic E-state index is -1.61. The summed E-state index contributed by atoms with van der Waals surface area (Å²) in [4.78, 5) is 10.5.